The Labute approximate surface area is 83.3 Å². The molecule has 13 heavy (non-hydrogen) atoms. The van der Waals surface area contributed by atoms with E-state index in [-0.39, 0.29) is 6.10 Å². The van der Waals surface area contributed by atoms with Crippen LogP contribution in [-0.2, 0) is 6.42 Å². The van der Waals surface area contributed by atoms with Crippen molar-refractivity contribution in [1.82, 2.24) is 0 Å². The Bertz CT molecular complexity index is 209. The first kappa shape index (κ1) is 10.7. The number of thioether (sulfide) groups is 1. The summed E-state index contributed by atoms with van der Waals surface area (Å²) in [7, 11) is 0. The quantitative estimate of drug-likeness (QED) is 0.715. The topological polar surface area (TPSA) is 33.4 Å². The van der Waals surface area contributed by atoms with Gasteiger partial charge < -0.3 is 9.52 Å². The maximum absolute atomic E-state index is 9.59. The van der Waals surface area contributed by atoms with Gasteiger partial charge in [0, 0.05) is 6.42 Å². The zero-order valence-electron chi connectivity index (χ0n) is 7.90. The van der Waals surface area contributed by atoms with Crippen LogP contribution in [0.1, 0.15) is 18.9 Å². The van der Waals surface area contributed by atoms with Crippen LogP contribution >= 0.6 is 11.8 Å². The number of rotatable bonds is 6. The summed E-state index contributed by atoms with van der Waals surface area (Å²) in [6, 6.07) is 1.90. The Balaban J connectivity index is 2.14. The van der Waals surface area contributed by atoms with Gasteiger partial charge in [-0.05, 0) is 29.6 Å². The lowest BCUT2D eigenvalue weighted by molar-refractivity contribution is 0.172. The second-order valence-electron chi connectivity index (χ2n) is 2.98. The fourth-order valence-electron chi connectivity index (χ4n) is 1.15. The van der Waals surface area contributed by atoms with E-state index in [4.69, 9.17) is 4.42 Å². The molecule has 1 atom stereocenters. The SMILES string of the molecule is CCSCCC(O)Cc1ccoc1. The molecule has 2 nitrogen and oxygen atoms in total. The average Bonchev–Trinajstić information content (AvgIpc) is 2.57. The fourth-order valence-corrected chi connectivity index (χ4v) is 1.87. The van der Waals surface area contributed by atoms with Gasteiger partial charge in [0.05, 0.1) is 18.6 Å². The van der Waals surface area contributed by atoms with Crippen LogP contribution < -0.4 is 0 Å². The number of aliphatic hydroxyl groups is 1. The van der Waals surface area contributed by atoms with Gasteiger partial charge in [0.1, 0.15) is 0 Å². The van der Waals surface area contributed by atoms with E-state index in [1.54, 1.807) is 12.5 Å². The molecule has 0 aromatic carbocycles. The van der Waals surface area contributed by atoms with Crippen LogP contribution in [0.4, 0.5) is 0 Å². The summed E-state index contributed by atoms with van der Waals surface area (Å²) in [4.78, 5) is 0. The van der Waals surface area contributed by atoms with Gasteiger partial charge in [0.25, 0.3) is 0 Å². The molecule has 1 unspecified atom stereocenters. The first-order valence-electron chi connectivity index (χ1n) is 4.59. The van der Waals surface area contributed by atoms with Gasteiger partial charge in [-0.15, -0.1) is 0 Å². The molecule has 1 N–H and O–H groups in total. The highest BCUT2D eigenvalue weighted by molar-refractivity contribution is 7.99. The summed E-state index contributed by atoms with van der Waals surface area (Å²) in [6.45, 7) is 2.13. The summed E-state index contributed by atoms with van der Waals surface area (Å²) in [5, 5.41) is 9.59. The molecule has 0 radical (unpaired) electrons. The zero-order valence-corrected chi connectivity index (χ0v) is 8.72. The lowest BCUT2D eigenvalue weighted by Crippen LogP contribution is -2.10. The van der Waals surface area contributed by atoms with E-state index in [0.29, 0.717) is 6.42 Å². The van der Waals surface area contributed by atoms with E-state index >= 15 is 0 Å². The van der Waals surface area contributed by atoms with E-state index < -0.39 is 0 Å². The molecule has 0 saturated heterocycles. The van der Waals surface area contributed by atoms with Crippen LogP contribution in [0.25, 0.3) is 0 Å². The van der Waals surface area contributed by atoms with Gasteiger partial charge >= 0.3 is 0 Å². The van der Waals surface area contributed by atoms with Crippen molar-refractivity contribution >= 4 is 11.8 Å². The van der Waals surface area contributed by atoms with E-state index in [9.17, 15) is 5.11 Å². The van der Waals surface area contributed by atoms with Crippen LogP contribution in [0, 0.1) is 0 Å². The zero-order chi connectivity index (χ0) is 9.52. The maximum atomic E-state index is 9.59. The second-order valence-corrected chi connectivity index (χ2v) is 4.37. The molecular formula is C10H16O2S. The first-order valence-corrected chi connectivity index (χ1v) is 5.75. The second kappa shape index (κ2) is 6.11. The standard InChI is InChI=1S/C10H16O2S/c1-2-13-6-4-10(11)7-9-3-5-12-8-9/h3,5,8,10-11H,2,4,6-7H2,1H3. The highest BCUT2D eigenvalue weighted by atomic mass is 32.2. The average molecular weight is 200 g/mol. The molecule has 3 heteroatoms. The number of hydrogen-bond donors (Lipinski definition) is 1. The monoisotopic (exact) mass is 200 g/mol. The van der Waals surface area contributed by atoms with Crippen molar-refractivity contribution in [3.05, 3.63) is 24.2 Å². The molecule has 0 bridgehead atoms. The van der Waals surface area contributed by atoms with E-state index in [1.165, 1.54) is 0 Å². The minimum Gasteiger partial charge on any atom is -0.472 e. The number of furan rings is 1. The Morgan fingerprint density at radius 1 is 1.62 bits per heavy atom. The molecule has 1 rings (SSSR count). The minimum atomic E-state index is -0.225. The summed E-state index contributed by atoms with van der Waals surface area (Å²) >= 11 is 1.87. The molecule has 1 aromatic heterocycles. The molecule has 0 saturated carbocycles. The third-order valence-electron chi connectivity index (χ3n) is 1.85. The van der Waals surface area contributed by atoms with Crippen molar-refractivity contribution < 1.29 is 9.52 Å². The lowest BCUT2D eigenvalue weighted by atomic mass is 10.1. The lowest BCUT2D eigenvalue weighted by Gasteiger charge is -2.07. The third kappa shape index (κ3) is 4.39. The van der Waals surface area contributed by atoms with Gasteiger partial charge in [-0.25, -0.2) is 0 Å². The Hall–Kier alpha value is -0.410. The highest BCUT2D eigenvalue weighted by Crippen LogP contribution is 2.09. The molecule has 1 heterocycles. The molecular weight excluding hydrogens is 184 g/mol. The molecule has 0 aliphatic heterocycles. The van der Waals surface area contributed by atoms with Crippen molar-refractivity contribution in [2.24, 2.45) is 0 Å². The van der Waals surface area contributed by atoms with Crippen LogP contribution in [0.5, 0.6) is 0 Å². The van der Waals surface area contributed by atoms with Crippen LogP contribution in [-0.4, -0.2) is 22.7 Å². The van der Waals surface area contributed by atoms with Crippen molar-refractivity contribution in [2.45, 2.75) is 25.9 Å². The predicted octanol–water partition coefficient (Wildman–Crippen LogP) is 2.33. The van der Waals surface area contributed by atoms with E-state index in [0.717, 1.165) is 23.5 Å². The first-order chi connectivity index (χ1) is 6.33. The van der Waals surface area contributed by atoms with Crippen molar-refractivity contribution in [1.29, 1.82) is 0 Å². The third-order valence-corrected chi connectivity index (χ3v) is 2.78. The maximum Gasteiger partial charge on any atom is 0.0935 e. The van der Waals surface area contributed by atoms with Gasteiger partial charge in [-0.1, -0.05) is 6.92 Å². The normalized spacial score (nSPS) is 13.1. The van der Waals surface area contributed by atoms with E-state index in [1.807, 2.05) is 17.8 Å². The Kier molecular flexibility index (Phi) is 5.01. The molecule has 0 aliphatic rings. The summed E-state index contributed by atoms with van der Waals surface area (Å²) in [6.07, 6.45) is 4.68. The summed E-state index contributed by atoms with van der Waals surface area (Å²) in [5.41, 5.74) is 1.08. The highest BCUT2D eigenvalue weighted by Gasteiger charge is 2.05. The number of aliphatic hydroxyl groups excluding tert-OH is 1. The molecule has 0 fully saturated rings. The van der Waals surface area contributed by atoms with E-state index in [2.05, 4.69) is 6.92 Å². The van der Waals surface area contributed by atoms with Gasteiger partial charge in [-0.3, -0.25) is 0 Å². The van der Waals surface area contributed by atoms with Gasteiger partial charge in [0.15, 0.2) is 0 Å². The van der Waals surface area contributed by atoms with Crippen LogP contribution in [0.2, 0.25) is 0 Å². The summed E-state index contributed by atoms with van der Waals surface area (Å²) < 4.78 is 4.92. The smallest absolute Gasteiger partial charge is 0.0935 e. The predicted molar refractivity (Wildman–Crippen MR) is 56.0 cm³/mol. The van der Waals surface area contributed by atoms with Crippen molar-refractivity contribution in [3.63, 3.8) is 0 Å². The van der Waals surface area contributed by atoms with Crippen molar-refractivity contribution in [3.8, 4) is 0 Å². The largest absolute Gasteiger partial charge is 0.472 e. The van der Waals surface area contributed by atoms with Crippen LogP contribution in [0.15, 0.2) is 23.0 Å². The molecule has 0 spiro atoms. The fraction of sp³-hybridized carbons (Fsp3) is 0.600. The minimum absolute atomic E-state index is 0.225. The Morgan fingerprint density at radius 2 is 2.46 bits per heavy atom. The van der Waals surface area contributed by atoms with Gasteiger partial charge in [0.2, 0.25) is 0 Å². The Morgan fingerprint density at radius 3 is 3.08 bits per heavy atom. The molecule has 0 aliphatic carbocycles. The molecule has 0 amide bonds. The molecule has 1 aromatic rings. The summed E-state index contributed by atoms with van der Waals surface area (Å²) in [5.74, 6) is 2.16. The van der Waals surface area contributed by atoms with Gasteiger partial charge in [-0.2, -0.15) is 11.8 Å². The number of hydrogen-bond acceptors (Lipinski definition) is 3. The van der Waals surface area contributed by atoms with Crippen LogP contribution in [0.3, 0.4) is 0 Å². The van der Waals surface area contributed by atoms with Crippen molar-refractivity contribution in [2.75, 3.05) is 11.5 Å². The molecule has 74 valence electrons.